The number of aromatic nitrogens is 2. The molecule has 0 aliphatic heterocycles. The monoisotopic (exact) mass is 214 g/mol. The standard InChI is InChI=1S/C6H3BrN2O2/c7-3-1-8-2-4-5(3)11-6(10)9-4/h1-2H,(H,9,10). The van der Waals surface area contributed by atoms with E-state index in [0.29, 0.717) is 15.6 Å². The summed E-state index contributed by atoms with van der Waals surface area (Å²) in [5.74, 6) is -0.464. The Morgan fingerprint density at radius 1 is 1.55 bits per heavy atom. The van der Waals surface area contributed by atoms with Crippen molar-refractivity contribution in [2.45, 2.75) is 0 Å². The lowest BCUT2D eigenvalue weighted by molar-refractivity contribution is 0.554. The van der Waals surface area contributed by atoms with E-state index in [1.54, 1.807) is 6.20 Å². The molecule has 1 N–H and O–H groups in total. The molecule has 4 nitrogen and oxygen atoms in total. The molecule has 0 saturated carbocycles. The van der Waals surface area contributed by atoms with Gasteiger partial charge in [0.2, 0.25) is 0 Å². The number of H-pyrrole nitrogens is 1. The van der Waals surface area contributed by atoms with Crippen molar-refractivity contribution in [2.24, 2.45) is 0 Å². The maximum atomic E-state index is 10.7. The average Bonchev–Trinajstić information content (AvgIpc) is 2.31. The molecule has 56 valence electrons. The van der Waals surface area contributed by atoms with Crippen LogP contribution in [0.5, 0.6) is 0 Å². The molecule has 2 rings (SSSR count). The SMILES string of the molecule is O=c1[nH]c2cncc(Br)c2o1. The van der Waals surface area contributed by atoms with Gasteiger partial charge in [-0.25, -0.2) is 4.79 Å². The third-order valence-corrected chi connectivity index (χ3v) is 1.85. The van der Waals surface area contributed by atoms with Gasteiger partial charge in [-0.1, -0.05) is 0 Å². The van der Waals surface area contributed by atoms with Gasteiger partial charge in [-0.05, 0) is 15.9 Å². The summed E-state index contributed by atoms with van der Waals surface area (Å²) in [5.41, 5.74) is 1.11. The molecule has 0 radical (unpaired) electrons. The van der Waals surface area contributed by atoms with Crippen LogP contribution in [-0.2, 0) is 0 Å². The smallest absolute Gasteiger partial charge is 0.407 e. The first-order valence-corrected chi connectivity index (χ1v) is 3.69. The predicted molar refractivity (Wildman–Crippen MR) is 42.3 cm³/mol. The first-order chi connectivity index (χ1) is 5.27. The van der Waals surface area contributed by atoms with Crippen molar-refractivity contribution >= 4 is 27.0 Å². The maximum Gasteiger partial charge on any atom is 0.417 e. The van der Waals surface area contributed by atoms with Crippen molar-refractivity contribution in [2.75, 3.05) is 0 Å². The Kier molecular flexibility index (Phi) is 1.32. The molecule has 0 fully saturated rings. The summed E-state index contributed by atoms with van der Waals surface area (Å²) in [6.07, 6.45) is 3.10. The highest BCUT2D eigenvalue weighted by Gasteiger charge is 2.03. The van der Waals surface area contributed by atoms with Crippen LogP contribution in [0.2, 0.25) is 0 Å². The molecule has 0 atom stereocenters. The molecule has 0 unspecified atom stereocenters. The van der Waals surface area contributed by atoms with Crippen LogP contribution in [0, 0.1) is 0 Å². The highest BCUT2D eigenvalue weighted by atomic mass is 79.9. The van der Waals surface area contributed by atoms with Gasteiger partial charge < -0.3 is 4.42 Å². The quantitative estimate of drug-likeness (QED) is 0.719. The van der Waals surface area contributed by atoms with Gasteiger partial charge in [-0.15, -0.1) is 0 Å². The van der Waals surface area contributed by atoms with Gasteiger partial charge in [0.15, 0.2) is 5.58 Å². The van der Waals surface area contributed by atoms with E-state index in [-0.39, 0.29) is 0 Å². The second kappa shape index (κ2) is 2.20. The van der Waals surface area contributed by atoms with Gasteiger partial charge in [-0.3, -0.25) is 9.97 Å². The highest BCUT2D eigenvalue weighted by molar-refractivity contribution is 9.10. The molecular weight excluding hydrogens is 212 g/mol. The zero-order valence-electron chi connectivity index (χ0n) is 5.30. The first kappa shape index (κ1) is 6.60. The van der Waals surface area contributed by atoms with Crippen molar-refractivity contribution in [1.29, 1.82) is 0 Å². The van der Waals surface area contributed by atoms with E-state index in [1.165, 1.54) is 6.20 Å². The predicted octanol–water partition coefficient (Wildman–Crippen LogP) is 1.28. The minimum absolute atomic E-state index is 0.464. The number of nitrogens with one attached hydrogen (secondary N) is 1. The number of hydrogen-bond acceptors (Lipinski definition) is 3. The molecule has 0 bridgehead atoms. The fourth-order valence-electron chi connectivity index (χ4n) is 0.844. The van der Waals surface area contributed by atoms with E-state index < -0.39 is 5.76 Å². The van der Waals surface area contributed by atoms with E-state index in [2.05, 4.69) is 25.9 Å². The normalized spacial score (nSPS) is 10.6. The maximum absolute atomic E-state index is 10.7. The Labute approximate surface area is 69.4 Å². The minimum Gasteiger partial charge on any atom is -0.407 e. The summed E-state index contributed by atoms with van der Waals surface area (Å²) in [5, 5.41) is 0. The Bertz CT molecular complexity index is 445. The Morgan fingerprint density at radius 3 is 3.09 bits per heavy atom. The summed E-state index contributed by atoms with van der Waals surface area (Å²) in [6.45, 7) is 0. The van der Waals surface area contributed by atoms with E-state index >= 15 is 0 Å². The van der Waals surface area contributed by atoms with Crippen LogP contribution in [0.4, 0.5) is 0 Å². The van der Waals surface area contributed by atoms with Gasteiger partial charge >= 0.3 is 5.76 Å². The van der Waals surface area contributed by atoms with Gasteiger partial charge in [-0.2, -0.15) is 0 Å². The lowest BCUT2D eigenvalue weighted by atomic mass is 10.4. The largest absolute Gasteiger partial charge is 0.417 e. The number of rotatable bonds is 0. The number of oxazole rings is 1. The second-order valence-corrected chi connectivity index (χ2v) is 2.87. The molecule has 0 saturated heterocycles. The van der Waals surface area contributed by atoms with E-state index in [4.69, 9.17) is 4.42 Å². The first-order valence-electron chi connectivity index (χ1n) is 2.90. The van der Waals surface area contributed by atoms with Crippen LogP contribution in [0.1, 0.15) is 0 Å². The number of pyridine rings is 1. The van der Waals surface area contributed by atoms with Crippen molar-refractivity contribution < 1.29 is 4.42 Å². The topological polar surface area (TPSA) is 58.9 Å². The van der Waals surface area contributed by atoms with Crippen LogP contribution in [0.25, 0.3) is 11.1 Å². The second-order valence-electron chi connectivity index (χ2n) is 2.01. The molecule has 0 aromatic carbocycles. The fraction of sp³-hybridized carbons (Fsp3) is 0. The van der Waals surface area contributed by atoms with Crippen LogP contribution in [0.3, 0.4) is 0 Å². The lowest BCUT2D eigenvalue weighted by Gasteiger charge is -1.86. The number of hydrogen-bond donors (Lipinski definition) is 1. The Balaban J connectivity index is 3.01. The van der Waals surface area contributed by atoms with Gasteiger partial charge in [0, 0.05) is 6.20 Å². The van der Waals surface area contributed by atoms with Gasteiger partial charge in [0.25, 0.3) is 0 Å². The average molecular weight is 215 g/mol. The molecule has 2 aromatic heterocycles. The third kappa shape index (κ3) is 0.970. The van der Waals surface area contributed by atoms with Gasteiger partial charge in [0.1, 0.15) is 5.52 Å². The fourth-order valence-corrected chi connectivity index (χ4v) is 1.26. The van der Waals surface area contributed by atoms with E-state index in [9.17, 15) is 4.79 Å². The summed E-state index contributed by atoms with van der Waals surface area (Å²) in [4.78, 5) is 17.0. The minimum atomic E-state index is -0.464. The van der Waals surface area contributed by atoms with Crippen molar-refractivity contribution in [3.8, 4) is 0 Å². The summed E-state index contributed by atoms with van der Waals surface area (Å²) in [7, 11) is 0. The molecule has 0 amide bonds. The van der Waals surface area contributed by atoms with E-state index in [1.807, 2.05) is 0 Å². The number of fused-ring (bicyclic) bond motifs is 1. The summed E-state index contributed by atoms with van der Waals surface area (Å²) in [6, 6.07) is 0. The van der Waals surface area contributed by atoms with Crippen LogP contribution in [-0.4, -0.2) is 9.97 Å². The molecule has 0 spiro atoms. The molecular formula is C6H3BrN2O2. The molecule has 2 heterocycles. The number of aromatic amines is 1. The zero-order valence-corrected chi connectivity index (χ0v) is 6.88. The zero-order chi connectivity index (χ0) is 7.84. The summed E-state index contributed by atoms with van der Waals surface area (Å²) >= 11 is 3.20. The van der Waals surface area contributed by atoms with Crippen LogP contribution >= 0.6 is 15.9 Å². The Hall–Kier alpha value is -1.10. The van der Waals surface area contributed by atoms with Crippen LogP contribution in [0.15, 0.2) is 26.1 Å². The Morgan fingerprint density at radius 2 is 2.36 bits per heavy atom. The summed E-state index contributed by atoms with van der Waals surface area (Å²) < 4.78 is 5.48. The molecule has 5 heteroatoms. The third-order valence-electron chi connectivity index (χ3n) is 1.28. The van der Waals surface area contributed by atoms with Crippen molar-refractivity contribution in [3.63, 3.8) is 0 Å². The van der Waals surface area contributed by atoms with E-state index in [0.717, 1.165) is 0 Å². The molecule has 0 aliphatic carbocycles. The highest BCUT2D eigenvalue weighted by Crippen LogP contribution is 2.18. The van der Waals surface area contributed by atoms with Gasteiger partial charge in [0.05, 0.1) is 10.7 Å². The molecule has 0 aliphatic rings. The van der Waals surface area contributed by atoms with Crippen LogP contribution < -0.4 is 5.76 Å². The lowest BCUT2D eigenvalue weighted by Crippen LogP contribution is -1.92. The van der Waals surface area contributed by atoms with Crippen molar-refractivity contribution in [1.82, 2.24) is 9.97 Å². The number of halogens is 1. The molecule has 11 heavy (non-hydrogen) atoms. The number of nitrogens with zero attached hydrogens (tertiary/aromatic N) is 1. The van der Waals surface area contributed by atoms with Crippen molar-refractivity contribution in [3.05, 3.63) is 27.4 Å². The molecule has 2 aromatic rings.